The van der Waals surface area contributed by atoms with E-state index in [2.05, 4.69) is 20.4 Å². The molecule has 1 amide bonds. The second-order valence-electron chi connectivity index (χ2n) is 6.57. The van der Waals surface area contributed by atoms with E-state index in [1.54, 1.807) is 18.5 Å². The average Bonchev–Trinajstić information content (AvgIpc) is 3.05. The Hall–Kier alpha value is -3.28. The zero-order valence-corrected chi connectivity index (χ0v) is 14.9. The summed E-state index contributed by atoms with van der Waals surface area (Å²) < 4.78 is 1.83. The van der Waals surface area contributed by atoms with Crippen molar-refractivity contribution in [3.63, 3.8) is 0 Å². The second-order valence-corrected chi connectivity index (χ2v) is 6.57. The summed E-state index contributed by atoms with van der Waals surface area (Å²) in [5.74, 6) is -0.193. The number of hydrogen-bond acceptors (Lipinski definition) is 4. The number of rotatable bonds is 3. The minimum absolute atomic E-state index is 0.167. The number of nitrogens with one attached hydrogen (secondary N) is 1. The maximum Gasteiger partial charge on any atom is 0.256 e. The molecule has 0 aliphatic rings. The first-order chi connectivity index (χ1) is 12.5. The summed E-state index contributed by atoms with van der Waals surface area (Å²) in [5, 5.41) is 9.12. The number of para-hydroxylation sites is 1. The topological polar surface area (TPSA) is 72.7 Å². The van der Waals surface area contributed by atoms with Crippen molar-refractivity contribution in [1.82, 2.24) is 19.7 Å². The van der Waals surface area contributed by atoms with E-state index in [0.717, 1.165) is 27.6 Å². The Kier molecular flexibility index (Phi) is 3.88. The minimum atomic E-state index is -0.193. The number of aryl methyl sites for hydroxylation is 1. The zero-order valence-electron chi connectivity index (χ0n) is 14.9. The van der Waals surface area contributed by atoms with Crippen LogP contribution in [0, 0.1) is 6.92 Å². The number of fused-ring (bicyclic) bond motifs is 2. The summed E-state index contributed by atoms with van der Waals surface area (Å²) in [6.07, 6.45) is 3.43. The van der Waals surface area contributed by atoms with Crippen LogP contribution < -0.4 is 5.32 Å². The van der Waals surface area contributed by atoms with Crippen LogP contribution >= 0.6 is 0 Å². The fourth-order valence-corrected chi connectivity index (χ4v) is 3.10. The van der Waals surface area contributed by atoms with E-state index in [9.17, 15) is 4.79 Å². The van der Waals surface area contributed by atoms with Gasteiger partial charge in [0.1, 0.15) is 0 Å². The molecule has 26 heavy (non-hydrogen) atoms. The average molecular weight is 345 g/mol. The Morgan fingerprint density at radius 3 is 2.81 bits per heavy atom. The molecular weight excluding hydrogens is 326 g/mol. The van der Waals surface area contributed by atoms with Crippen LogP contribution in [0.1, 0.15) is 35.9 Å². The summed E-state index contributed by atoms with van der Waals surface area (Å²) in [7, 11) is 0. The molecule has 0 aliphatic heterocycles. The number of nitrogens with zero attached hydrogens (tertiary/aromatic N) is 4. The van der Waals surface area contributed by atoms with Gasteiger partial charge < -0.3 is 5.32 Å². The predicted molar refractivity (Wildman–Crippen MR) is 102 cm³/mol. The van der Waals surface area contributed by atoms with Crippen LogP contribution in [-0.4, -0.2) is 25.7 Å². The van der Waals surface area contributed by atoms with Gasteiger partial charge in [0, 0.05) is 23.3 Å². The normalized spacial score (nSPS) is 11.4. The van der Waals surface area contributed by atoms with Crippen molar-refractivity contribution >= 4 is 33.5 Å². The van der Waals surface area contributed by atoms with Crippen molar-refractivity contribution in [2.24, 2.45) is 0 Å². The number of amides is 1. The molecule has 3 aromatic heterocycles. The third-order valence-corrected chi connectivity index (χ3v) is 4.31. The molecule has 6 heteroatoms. The van der Waals surface area contributed by atoms with Gasteiger partial charge in [-0.1, -0.05) is 18.2 Å². The van der Waals surface area contributed by atoms with Gasteiger partial charge in [-0.25, -0.2) is 9.67 Å². The van der Waals surface area contributed by atoms with Crippen LogP contribution in [0.4, 0.5) is 5.69 Å². The Bertz CT molecular complexity index is 1120. The highest BCUT2D eigenvalue weighted by molar-refractivity contribution is 6.14. The lowest BCUT2D eigenvalue weighted by Crippen LogP contribution is -2.14. The van der Waals surface area contributed by atoms with Crippen LogP contribution in [0.5, 0.6) is 0 Å². The number of anilines is 1. The SMILES string of the molecule is Cc1cc(C(=O)Nc2cccc3cccnc23)c2cnn(C(C)C)c2n1. The highest BCUT2D eigenvalue weighted by Gasteiger charge is 2.17. The van der Waals surface area contributed by atoms with E-state index in [-0.39, 0.29) is 11.9 Å². The number of hydrogen-bond donors (Lipinski definition) is 1. The van der Waals surface area contributed by atoms with Gasteiger partial charge in [0.05, 0.1) is 28.4 Å². The molecular formula is C20H19N5O. The number of benzene rings is 1. The lowest BCUT2D eigenvalue weighted by Gasteiger charge is -2.10. The van der Waals surface area contributed by atoms with Crippen molar-refractivity contribution < 1.29 is 4.79 Å². The Labute approximate surface area is 150 Å². The molecule has 4 aromatic rings. The Morgan fingerprint density at radius 1 is 1.19 bits per heavy atom. The molecule has 4 rings (SSSR count). The lowest BCUT2D eigenvalue weighted by molar-refractivity contribution is 0.102. The van der Waals surface area contributed by atoms with Crippen molar-refractivity contribution in [2.75, 3.05) is 5.32 Å². The quantitative estimate of drug-likeness (QED) is 0.606. The van der Waals surface area contributed by atoms with Crippen molar-refractivity contribution in [3.05, 3.63) is 60.0 Å². The maximum atomic E-state index is 13.0. The highest BCUT2D eigenvalue weighted by Crippen LogP contribution is 2.24. The van der Waals surface area contributed by atoms with Crippen LogP contribution in [0.3, 0.4) is 0 Å². The molecule has 0 saturated carbocycles. The summed E-state index contributed by atoms with van der Waals surface area (Å²) in [5.41, 5.74) is 3.52. The summed E-state index contributed by atoms with van der Waals surface area (Å²) in [6.45, 7) is 5.96. The van der Waals surface area contributed by atoms with Crippen LogP contribution in [0.15, 0.2) is 48.8 Å². The molecule has 0 radical (unpaired) electrons. The summed E-state index contributed by atoms with van der Waals surface area (Å²) >= 11 is 0. The first-order valence-corrected chi connectivity index (χ1v) is 8.54. The summed E-state index contributed by atoms with van der Waals surface area (Å²) in [4.78, 5) is 22.0. The van der Waals surface area contributed by atoms with E-state index >= 15 is 0 Å². The fraction of sp³-hybridized carbons (Fsp3) is 0.200. The van der Waals surface area contributed by atoms with E-state index in [1.165, 1.54) is 0 Å². The monoisotopic (exact) mass is 345 g/mol. The maximum absolute atomic E-state index is 13.0. The van der Waals surface area contributed by atoms with Crippen LogP contribution in [0.25, 0.3) is 21.9 Å². The number of pyridine rings is 2. The minimum Gasteiger partial charge on any atom is -0.320 e. The van der Waals surface area contributed by atoms with E-state index in [1.807, 2.05) is 55.8 Å². The van der Waals surface area contributed by atoms with Crippen LogP contribution in [-0.2, 0) is 0 Å². The molecule has 0 atom stereocenters. The molecule has 3 heterocycles. The third kappa shape index (κ3) is 2.69. The molecule has 0 aliphatic carbocycles. The molecule has 130 valence electrons. The first kappa shape index (κ1) is 16.2. The van der Waals surface area contributed by atoms with Gasteiger partial charge in [0.15, 0.2) is 5.65 Å². The van der Waals surface area contributed by atoms with Crippen LogP contribution in [0.2, 0.25) is 0 Å². The largest absolute Gasteiger partial charge is 0.320 e. The molecule has 0 bridgehead atoms. The Balaban J connectivity index is 1.79. The van der Waals surface area contributed by atoms with Gasteiger partial charge >= 0.3 is 0 Å². The third-order valence-electron chi connectivity index (χ3n) is 4.31. The first-order valence-electron chi connectivity index (χ1n) is 8.54. The molecule has 6 nitrogen and oxygen atoms in total. The molecule has 0 saturated heterocycles. The van der Waals surface area contributed by atoms with E-state index in [0.29, 0.717) is 11.3 Å². The van der Waals surface area contributed by atoms with E-state index < -0.39 is 0 Å². The van der Waals surface area contributed by atoms with Gasteiger partial charge in [-0.05, 0) is 39.0 Å². The fourth-order valence-electron chi connectivity index (χ4n) is 3.10. The smallest absolute Gasteiger partial charge is 0.256 e. The summed E-state index contributed by atoms with van der Waals surface area (Å²) in [6, 6.07) is 11.5. The van der Waals surface area contributed by atoms with Crippen molar-refractivity contribution in [3.8, 4) is 0 Å². The molecule has 0 unspecified atom stereocenters. The lowest BCUT2D eigenvalue weighted by atomic mass is 10.1. The number of carbonyl (C=O) groups excluding carboxylic acids is 1. The van der Waals surface area contributed by atoms with Crippen molar-refractivity contribution in [1.29, 1.82) is 0 Å². The second kappa shape index (κ2) is 6.22. The van der Waals surface area contributed by atoms with Gasteiger partial charge in [-0.2, -0.15) is 5.10 Å². The molecule has 0 spiro atoms. The van der Waals surface area contributed by atoms with Gasteiger partial charge in [-0.15, -0.1) is 0 Å². The van der Waals surface area contributed by atoms with E-state index in [4.69, 9.17) is 0 Å². The standard InChI is InChI=1S/C20H19N5O/c1-12(2)25-19-16(11-22-25)15(10-13(3)23-19)20(26)24-17-8-4-6-14-7-5-9-21-18(14)17/h4-12H,1-3H3,(H,24,26). The van der Waals surface area contributed by atoms with Gasteiger partial charge in [0.2, 0.25) is 0 Å². The molecule has 1 aromatic carbocycles. The zero-order chi connectivity index (χ0) is 18.3. The Morgan fingerprint density at radius 2 is 2.00 bits per heavy atom. The van der Waals surface area contributed by atoms with Gasteiger partial charge in [0.25, 0.3) is 5.91 Å². The predicted octanol–water partition coefficient (Wildman–Crippen LogP) is 4.12. The molecule has 0 fully saturated rings. The van der Waals surface area contributed by atoms with Gasteiger partial charge in [-0.3, -0.25) is 9.78 Å². The number of aromatic nitrogens is 4. The molecule has 1 N–H and O–H groups in total. The van der Waals surface area contributed by atoms with Crippen molar-refractivity contribution in [2.45, 2.75) is 26.8 Å². The highest BCUT2D eigenvalue weighted by atomic mass is 16.1. The number of carbonyl (C=O) groups is 1.